The van der Waals surface area contributed by atoms with Crippen LogP contribution in [-0.4, -0.2) is 52.1 Å². The Morgan fingerprint density at radius 3 is 2.65 bits per heavy atom. The van der Waals surface area contributed by atoms with Crippen LogP contribution in [0.25, 0.3) is 11.0 Å². The number of carboxylic acid groups (broad SMARTS) is 1. The molecule has 3 aromatic carbocycles. The van der Waals surface area contributed by atoms with Gasteiger partial charge in [-0.15, -0.1) is 15.9 Å². The highest BCUT2D eigenvalue weighted by Gasteiger charge is 2.34. The van der Waals surface area contributed by atoms with Crippen molar-refractivity contribution in [2.45, 2.75) is 43.7 Å². The Hall–Kier alpha value is -3.44. The predicted octanol–water partition coefficient (Wildman–Crippen LogP) is 5.19. The first kappa shape index (κ1) is 25.2. The smallest absolute Gasteiger partial charge is 0.304 e. The summed E-state index contributed by atoms with van der Waals surface area (Å²) in [5.41, 5.74) is 5.10. The second kappa shape index (κ2) is 9.79. The zero-order valence-electron chi connectivity index (χ0n) is 20.9. The second-order valence-electron chi connectivity index (χ2n) is 9.51. The Balaban J connectivity index is 1.52. The van der Waals surface area contributed by atoms with E-state index in [-0.39, 0.29) is 19.1 Å². The van der Waals surface area contributed by atoms with Crippen LogP contribution in [0.4, 0.5) is 0 Å². The maximum absolute atomic E-state index is 11.9. The minimum Gasteiger partial charge on any atom is -0.487 e. The predicted molar refractivity (Wildman–Crippen MR) is 142 cm³/mol. The van der Waals surface area contributed by atoms with Gasteiger partial charge in [-0.05, 0) is 60.4 Å². The molecule has 0 saturated carbocycles. The highest BCUT2D eigenvalue weighted by Crippen LogP contribution is 2.57. The maximum atomic E-state index is 11.9. The van der Waals surface area contributed by atoms with Gasteiger partial charge in [-0.3, -0.25) is 13.9 Å². The van der Waals surface area contributed by atoms with E-state index in [1.54, 1.807) is 27.2 Å². The molecule has 194 valence electrons. The van der Waals surface area contributed by atoms with Crippen LogP contribution < -0.4 is 4.74 Å². The van der Waals surface area contributed by atoms with Crippen LogP contribution >= 0.6 is 10.8 Å². The number of carboxylic acids is 1. The van der Waals surface area contributed by atoms with Crippen LogP contribution in [0.2, 0.25) is 0 Å². The topological polar surface area (TPSA) is 121 Å². The molecule has 1 aromatic heterocycles. The van der Waals surface area contributed by atoms with Gasteiger partial charge in [0.2, 0.25) is 0 Å². The summed E-state index contributed by atoms with van der Waals surface area (Å²) in [6.07, 6.45) is -0.345. The molecule has 0 spiro atoms. The summed E-state index contributed by atoms with van der Waals surface area (Å²) < 4.78 is 31.9. The summed E-state index contributed by atoms with van der Waals surface area (Å²) >= 11 is 0. The molecule has 0 saturated heterocycles. The average Bonchev–Trinajstić information content (AvgIpc) is 3.19. The molecule has 3 N–H and O–H groups in total. The second-order valence-corrected chi connectivity index (χ2v) is 11.5. The number of aliphatic carboxylic acids is 1. The fraction of sp³-hybridized carbons (Fsp3) is 0.296. The molecule has 2 atom stereocenters. The molecule has 2 unspecified atom stereocenters. The van der Waals surface area contributed by atoms with Gasteiger partial charge in [-0.25, -0.2) is 4.68 Å². The number of ether oxygens (including phenoxy) is 1. The molecule has 1 aliphatic rings. The molecular formula is C27H30N4O5S. The first-order chi connectivity index (χ1) is 17.6. The summed E-state index contributed by atoms with van der Waals surface area (Å²) in [6, 6.07) is 18.6. The number of nitrogens with zero attached hydrogens (tertiary/aromatic N) is 4. The largest absolute Gasteiger partial charge is 0.487 e. The molecule has 4 aromatic rings. The Morgan fingerprint density at radius 1 is 1.14 bits per heavy atom. The van der Waals surface area contributed by atoms with Crippen LogP contribution in [0.1, 0.15) is 41.5 Å². The maximum Gasteiger partial charge on any atom is 0.304 e. The monoisotopic (exact) mass is 522 g/mol. The molecule has 0 aliphatic carbocycles. The van der Waals surface area contributed by atoms with Crippen molar-refractivity contribution in [2.75, 3.05) is 6.54 Å². The zero-order chi connectivity index (χ0) is 26.3. The summed E-state index contributed by atoms with van der Waals surface area (Å²) in [6.45, 7) is 4.46. The summed E-state index contributed by atoms with van der Waals surface area (Å²) in [7, 11) is -1.48. The zero-order valence-corrected chi connectivity index (χ0v) is 21.7. The molecule has 10 heteroatoms. The first-order valence-electron chi connectivity index (χ1n) is 12.0. The highest BCUT2D eigenvalue weighted by molar-refractivity contribution is 8.22. The van der Waals surface area contributed by atoms with E-state index in [1.807, 2.05) is 63.4 Å². The normalized spacial score (nSPS) is 19.0. The van der Waals surface area contributed by atoms with E-state index in [4.69, 9.17) is 4.74 Å². The Kier molecular flexibility index (Phi) is 6.67. The van der Waals surface area contributed by atoms with Gasteiger partial charge in [0.1, 0.15) is 22.3 Å². The summed E-state index contributed by atoms with van der Waals surface area (Å²) in [4.78, 5) is 12.2. The van der Waals surface area contributed by atoms with E-state index in [2.05, 4.69) is 10.3 Å². The molecule has 1 aliphatic heterocycles. The lowest BCUT2D eigenvalue weighted by Gasteiger charge is -2.42. The van der Waals surface area contributed by atoms with Gasteiger partial charge < -0.3 is 9.84 Å². The Labute approximate surface area is 216 Å². The van der Waals surface area contributed by atoms with Gasteiger partial charge >= 0.3 is 5.97 Å². The molecular weight excluding hydrogens is 492 g/mol. The molecule has 5 rings (SSSR count). The van der Waals surface area contributed by atoms with E-state index in [0.717, 1.165) is 27.8 Å². The van der Waals surface area contributed by atoms with Crippen LogP contribution in [-0.2, 0) is 18.4 Å². The lowest BCUT2D eigenvalue weighted by atomic mass is 9.86. The number of fused-ring (bicyclic) bond motifs is 2. The third kappa shape index (κ3) is 4.93. The van der Waals surface area contributed by atoms with Crippen molar-refractivity contribution in [1.82, 2.24) is 19.3 Å². The van der Waals surface area contributed by atoms with Crippen molar-refractivity contribution in [3.63, 3.8) is 0 Å². The fourth-order valence-electron chi connectivity index (χ4n) is 4.86. The summed E-state index contributed by atoms with van der Waals surface area (Å²) in [5, 5.41) is 18.0. The van der Waals surface area contributed by atoms with E-state index < -0.39 is 22.7 Å². The molecule has 2 heterocycles. The van der Waals surface area contributed by atoms with E-state index >= 15 is 0 Å². The standard InChI is InChI=1S/C27H30N4O5S/c1-17-8-9-19(22(14-27(32)33)20-10-11-24-23(13-20)28-29-30(24)3)12-21(17)16-31-15-18(2)36-25-6-4-5-7-26(25)37(31,34)35/h4-13,18,22,34-35H,14-16H2,1-3H3,(H,32,33). The number of aryl methyl sites for hydroxylation is 2. The lowest BCUT2D eigenvalue weighted by molar-refractivity contribution is -0.137. The number of benzene rings is 3. The minimum absolute atomic E-state index is 0.0918. The van der Waals surface area contributed by atoms with Gasteiger partial charge in [0.15, 0.2) is 0 Å². The van der Waals surface area contributed by atoms with Crippen LogP contribution in [0.5, 0.6) is 5.75 Å². The molecule has 0 fully saturated rings. The van der Waals surface area contributed by atoms with E-state index in [9.17, 15) is 19.0 Å². The van der Waals surface area contributed by atoms with Crippen molar-refractivity contribution in [1.29, 1.82) is 0 Å². The fourth-order valence-corrected chi connectivity index (χ4v) is 6.52. The summed E-state index contributed by atoms with van der Waals surface area (Å²) in [5.74, 6) is -0.838. The SMILES string of the molecule is Cc1ccc(C(CC(=O)O)c2ccc3c(c2)nnn3C)cc1CN1CC(C)Oc2ccccc2S1(O)O. The third-order valence-electron chi connectivity index (χ3n) is 6.83. The molecule has 0 amide bonds. The van der Waals surface area contributed by atoms with Gasteiger partial charge in [0.25, 0.3) is 0 Å². The number of carbonyl (C=O) groups is 1. The minimum atomic E-state index is -3.30. The number of hydrogen-bond donors (Lipinski definition) is 3. The molecule has 9 nitrogen and oxygen atoms in total. The van der Waals surface area contributed by atoms with Gasteiger partial charge in [0, 0.05) is 19.5 Å². The van der Waals surface area contributed by atoms with Crippen molar-refractivity contribution in [2.24, 2.45) is 7.05 Å². The highest BCUT2D eigenvalue weighted by atomic mass is 32.3. The average molecular weight is 523 g/mol. The van der Waals surface area contributed by atoms with Crippen LogP contribution in [0, 0.1) is 6.92 Å². The Bertz CT molecular complexity index is 1470. The quantitative estimate of drug-likeness (QED) is 0.316. The van der Waals surface area contributed by atoms with E-state index in [0.29, 0.717) is 22.7 Å². The molecule has 0 radical (unpaired) electrons. The number of rotatable bonds is 6. The van der Waals surface area contributed by atoms with Crippen molar-refractivity contribution >= 4 is 27.8 Å². The van der Waals surface area contributed by atoms with E-state index in [1.165, 1.54) is 0 Å². The van der Waals surface area contributed by atoms with Crippen LogP contribution in [0.15, 0.2) is 65.6 Å². The number of aromatic nitrogens is 3. The van der Waals surface area contributed by atoms with Crippen LogP contribution in [0.3, 0.4) is 0 Å². The van der Waals surface area contributed by atoms with Gasteiger partial charge in [0.05, 0.1) is 18.5 Å². The third-order valence-corrected chi connectivity index (χ3v) is 8.76. The lowest BCUT2D eigenvalue weighted by Crippen LogP contribution is -2.33. The van der Waals surface area contributed by atoms with Crippen molar-refractivity contribution < 1.29 is 23.7 Å². The Morgan fingerprint density at radius 2 is 1.86 bits per heavy atom. The van der Waals surface area contributed by atoms with Gasteiger partial charge in [-0.2, -0.15) is 4.31 Å². The first-order valence-corrected chi connectivity index (χ1v) is 13.5. The molecule has 0 bridgehead atoms. The van der Waals surface area contributed by atoms with Crippen molar-refractivity contribution in [3.05, 3.63) is 82.9 Å². The van der Waals surface area contributed by atoms with Crippen molar-refractivity contribution in [3.8, 4) is 5.75 Å². The molecule has 37 heavy (non-hydrogen) atoms. The van der Waals surface area contributed by atoms with Gasteiger partial charge in [-0.1, -0.05) is 41.6 Å². The number of hydrogen-bond acceptors (Lipinski definition) is 7. The number of para-hydroxylation sites is 1.